The van der Waals surface area contributed by atoms with E-state index in [1.807, 2.05) is 24.3 Å². The van der Waals surface area contributed by atoms with Crippen LogP contribution in [0.2, 0.25) is 0 Å². The smallest absolute Gasteiger partial charge is 0.341 e. The number of aromatic amines is 1. The number of H-pyrrole nitrogens is 1. The van der Waals surface area contributed by atoms with Gasteiger partial charge in [-0.25, -0.2) is 4.79 Å². The van der Waals surface area contributed by atoms with Gasteiger partial charge in [-0.1, -0.05) is 12.1 Å². The lowest BCUT2D eigenvalue weighted by Crippen LogP contribution is -2.08. The van der Waals surface area contributed by atoms with Crippen LogP contribution >= 0.6 is 0 Å². The molecule has 0 aliphatic rings. The Morgan fingerprint density at radius 2 is 2.21 bits per heavy atom. The van der Waals surface area contributed by atoms with Crippen molar-refractivity contribution in [3.05, 3.63) is 30.5 Å². The maximum Gasteiger partial charge on any atom is 0.341 e. The van der Waals surface area contributed by atoms with E-state index in [9.17, 15) is 4.79 Å². The zero-order chi connectivity index (χ0) is 9.97. The third-order valence-corrected chi connectivity index (χ3v) is 1.90. The summed E-state index contributed by atoms with van der Waals surface area (Å²) >= 11 is 0. The molecule has 0 unspecified atom stereocenters. The molecule has 14 heavy (non-hydrogen) atoms. The lowest BCUT2D eigenvalue weighted by Gasteiger charge is -1.99. The number of para-hydroxylation sites is 1. The van der Waals surface area contributed by atoms with Crippen LogP contribution in [0.1, 0.15) is 0 Å². The van der Waals surface area contributed by atoms with Crippen LogP contribution in [0.3, 0.4) is 0 Å². The number of carboxylic acid groups (broad SMARTS) is 1. The van der Waals surface area contributed by atoms with Crippen LogP contribution in [0.5, 0.6) is 5.75 Å². The van der Waals surface area contributed by atoms with Gasteiger partial charge in [-0.15, -0.1) is 0 Å². The number of hydrogen-bond donors (Lipinski definition) is 2. The van der Waals surface area contributed by atoms with Gasteiger partial charge in [0.1, 0.15) is 5.75 Å². The Morgan fingerprint density at radius 1 is 1.43 bits per heavy atom. The van der Waals surface area contributed by atoms with Crippen molar-refractivity contribution < 1.29 is 14.6 Å². The average Bonchev–Trinajstić information content (AvgIpc) is 2.58. The Bertz CT molecular complexity index is 461. The maximum atomic E-state index is 10.3. The van der Waals surface area contributed by atoms with Crippen molar-refractivity contribution in [1.82, 2.24) is 4.98 Å². The van der Waals surface area contributed by atoms with Gasteiger partial charge in [0, 0.05) is 17.1 Å². The number of rotatable bonds is 3. The number of ether oxygens (including phenoxy) is 1. The molecule has 2 rings (SSSR count). The molecule has 0 saturated heterocycles. The number of carbonyl (C=O) groups is 1. The maximum absolute atomic E-state index is 10.3. The van der Waals surface area contributed by atoms with E-state index in [0.717, 1.165) is 10.9 Å². The summed E-state index contributed by atoms with van der Waals surface area (Å²) < 4.78 is 5.09. The van der Waals surface area contributed by atoms with Crippen LogP contribution in [0.25, 0.3) is 10.9 Å². The highest BCUT2D eigenvalue weighted by molar-refractivity contribution is 5.86. The van der Waals surface area contributed by atoms with Crippen LogP contribution < -0.4 is 4.74 Å². The van der Waals surface area contributed by atoms with Crippen LogP contribution in [-0.4, -0.2) is 22.7 Å². The highest BCUT2D eigenvalue weighted by atomic mass is 16.5. The second-order valence-electron chi connectivity index (χ2n) is 2.88. The van der Waals surface area contributed by atoms with E-state index >= 15 is 0 Å². The molecule has 0 amide bonds. The molecule has 4 heteroatoms. The van der Waals surface area contributed by atoms with Gasteiger partial charge in [-0.05, 0) is 12.1 Å². The highest BCUT2D eigenvalue weighted by Crippen LogP contribution is 2.24. The van der Waals surface area contributed by atoms with E-state index in [0.29, 0.717) is 5.75 Å². The molecule has 0 atom stereocenters. The van der Waals surface area contributed by atoms with E-state index in [1.165, 1.54) is 0 Å². The summed E-state index contributed by atoms with van der Waals surface area (Å²) in [6.45, 7) is -0.318. The molecule has 0 radical (unpaired) electrons. The standard InChI is InChI=1S/C10H9NO3/c12-10(13)6-14-9-5-11-8-4-2-1-3-7(8)9/h1-5,11H,6H2,(H,12,13). The van der Waals surface area contributed by atoms with Crippen molar-refractivity contribution in [3.8, 4) is 5.75 Å². The van der Waals surface area contributed by atoms with Crippen molar-refractivity contribution in [1.29, 1.82) is 0 Å². The van der Waals surface area contributed by atoms with E-state index in [1.54, 1.807) is 6.20 Å². The number of aliphatic carboxylic acids is 1. The molecule has 72 valence electrons. The summed E-state index contributed by atoms with van der Waals surface area (Å²) in [5, 5.41) is 9.35. The molecule has 1 aromatic carbocycles. The fourth-order valence-corrected chi connectivity index (χ4v) is 1.30. The normalized spacial score (nSPS) is 10.3. The lowest BCUT2D eigenvalue weighted by molar-refractivity contribution is -0.139. The van der Waals surface area contributed by atoms with Crippen LogP contribution in [0.4, 0.5) is 0 Å². The topological polar surface area (TPSA) is 62.3 Å². The van der Waals surface area contributed by atoms with Crippen molar-refractivity contribution >= 4 is 16.9 Å². The number of benzene rings is 1. The van der Waals surface area contributed by atoms with E-state index in [-0.39, 0.29) is 6.61 Å². The van der Waals surface area contributed by atoms with Gasteiger partial charge in [0.15, 0.2) is 6.61 Å². The Morgan fingerprint density at radius 3 is 3.00 bits per heavy atom. The zero-order valence-corrected chi connectivity index (χ0v) is 7.36. The number of hydrogen-bond acceptors (Lipinski definition) is 2. The zero-order valence-electron chi connectivity index (χ0n) is 7.36. The molecule has 0 aliphatic carbocycles. The Hall–Kier alpha value is -1.97. The summed E-state index contributed by atoms with van der Waals surface area (Å²) in [6.07, 6.45) is 1.66. The molecule has 2 N–H and O–H groups in total. The SMILES string of the molecule is O=C(O)COc1c[nH]c2ccccc12. The molecular weight excluding hydrogens is 182 g/mol. The van der Waals surface area contributed by atoms with Crippen molar-refractivity contribution in [2.75, 3.05) is 6.61 Å². The van der Waals surface area contributed by atoms with Gasteiger partial charge in [0.2, 0.25) is 0 Å². The van der Waals surface area contributed by atoms with Crippen LogP contribution in [-0.2, 0) is 4.79 Å². The molecule has 1 aromatic heterocycles. The molecule has 0 fully saturated rings. The van der Waals surface area contributed by atoms with Gasteiger partial charge in [0.05, 0.1) is 0 Å². The highest BCUT2D eigenvalue weighted by Gasteiger charge is 2.05. The predicted molar refractivity (Wildman–Crippen MR) is 51.4 cm³/mol. The number of fused-ring (bicyclic) bond motifs is 1. The van der Waals surface area contributed by atoms with Gasteiger partial charge in [-0.3, -0.25) is 0 Å². The molecule has 0 saturated carbocycles. The minimum atomic E-state index is -0.977. The third-order valence-electron chi connectivity index (χ3n) is 1.90. The fraction of sp³-hybridized carbons (Fsp3) is 0.100. The summed E-state index contributed by atoms with van der Waals surface area (Å²) in [6, 6.07) is 7.57. The van der Waals surface area contributed by atoms with Gasteiger partial charge < -0.3 is 14.8 Å². The van der Waals surface area contributed by atoms with E-state index < -0.39 is 5.97 Å². The second kappa shape index (κ2) is 3.41. The van der Waals surface area contributed by atoms with Gasteiger partial charge >= 0.3 is 5.97 Å². The van der Waals surface area contributed by atoms with E-state index in [2.05, 4.69) is 4.98 Å². The Balaban J connectivity index is 2.29. The van der Waals surface area contributed by atoms with Gasteiger partial charge in [0.25, 0.3) is 0 Å². The summed E-state index contributed by atoms with van der Waals surface area (Å²) in [5.41, 5.74) is 0.938. The Kier molecular flexibility index (Phi) is 2.10. The fourth-order valence-electron chi connectivity index (χ4n) is 1.30. The molecular formula is C10H9NO3. The first-order chi connectivity index (χ1) is 6.77. The monoisotopic (exact) mass is 191 g/mol. The van der Waals surface area contributed by atoms with Crippen molar-refractivity contribution in [2.45, 2.75) is 0 Å². The number of carboxylic acids is 1. The Labute approximate surface area is 80.1 Å². The van der Waals surface area contributed by atoms with Gasteiger partial charge in [-0.2, -0.15) is 0 Å². The van der Waals surface area contributed by atoms with Crippen LogP contribution in [0.15, 0.2) is 30.5 Å². The van der Waals surface area contributed by atoms with E-state index in [4.69, 9.17) is 9.84 Å². The second-order valence-corrected chi connectivity index (χ2v) is 2.88. The quantitative estimate of drug-likeness (QED) is 0.775. The van der Waals surface area contributed by atoms with Crippen molar-refractivity contribution in [2.24, 2.45) is 0 Å². The largest absolute Gasteiger partial charge is 0.480 e. The third kappa shape index (κ3) is 1.54. The average molecular weight is 191 g/mol. The summed E-state index contributed by atoms with van der Waals surface area (Å²) in [4.78, 5) is 13.3. The molecule has 1 heterocycles. The van der Waals surface area contributed by atoms with Crippen LogP contribution in [0, 0.1) is 0 Å². The molecule has 0 bridgehead atoms. The number of aromatic nitrogens is 1. The minimum absolute atomic E-state index is 0.318. The molecule has 0 spiro atoms. The summed E-state index contributed by atoms with van der Waals surface area (Å²) in [7, 11) is 0. The first kappa shape index (κ1) is 8.62. The predicted octanol–water partition coefficient (Wildman–Crippen LogP) is 1.63. The first-order valence-electron chi connectivity index (χ1n) is 4.18. The number of nitrogens with one attached hydrogen (secondary N) is 1. The molecule has 2 aromatic rings. The summed E-state index contributed by atoms with van der Waals surface area (Å²) in [5.74, 6) is -0.404. The minimum Gasteiger partial charge on any atom is -0.480 e. The lowest BCUT2D eigenvalue weighted by atomic mass is 10.2. The first-order valence-corrected chi connectivity index (χ1v) is 4.18. The molecule has 4 nitrogen and oxygen atoms in total. The van der Waals surface area contributed by atoms with Crippen molar-refractivity contribution in [3.63, 3.8) is 0 Å². The molecule has 0 aliphatic heterocycles.